The minimum atomic E-state index is -0.224. The zero-order chi connectivity index (χ0) is 38.3. The van der Waals surface area contributed by atoms with Crippen LogP contribution in [0.5, 0.6) is 0 Å². The summed E-state index contributed by atoms with van der Waals surface area (Å²) in [6.07, 6.45) is 17.6. The van der Waals surface area contributed by atoms with Crippen LogP contribution in [0.15, 0.2) is 185 Å². The Morgan fingerprint density at radius 2 is 1.40 bits per heavy atom. The second-order valence-corrected chi connectivity index (χ2v) is 17.3. The number of nitrogens with zero attached hydrogens (tertiary/aromatic N) is 1. The van der Waals surface area contributed by atoms with E-state index in [-0.39, 0.29) is 16.2 Å². The van der Waals surface area contributed by atoms with Gasteiger partial charge in [0.25, 0.3) is 0 Å². The molecule has 9 rings (SSSR count). The summed E-state index contributed by atoms with van der Waals surface area (Å²) in [5, 5.41) is 0. The van der Waals surface area contributed by atoms with E-state index in [1.54, 1.807) is 0 Å². The molecule has 0 unspecified atom stereocenters. The molecule has 4 aromatic rings. The lowest BCUT2D eigenvalue weighted by molar-refractivity contribution is 0.560. The van der Waals surface area contributed by atoms with Crippen molar-refractivity contribution < 1.29 is 0 Å². The molecule has 0 N–H and O–H groups in total. The summed E-state index contributed by atoms with van der Waals surface area (Å²) in [6, 6.07) is 34.0. The molecule has 0 fully saturated rings. The van der Waals surface area contributed by atoms with Gasteiger partial charge in [-0.2, -0.15) is 0 Å². The Bertz CT molecular complexity index is 2640. The standard InChI is InChI=1S/C54H49N/c1-35-17-9-12-20-42(36(2)49(31-35)52(3,4)38-18-10-11-19-38)37-25-27-39(28-26-37)55(41-32-46-44-22-14-16-24-48(44)54(7,8)51(46)34-41)40-29-30-45-43-21-13-15-23-47(43)53(5,6)50(45)33-40/h10-16,18,20-31,33-34H,1,9,17H2,2-8H3/b20-12?,42-36+,49-31+. The monoisotopic (exact) mass is 711 g/mol. The number of hydrogen-bond donors (Lipinski definition) is 0. The molecule has 5 aliphatic rings. The van der Waals surface area contributed by atoms with Crippen molar-refractivity contribution in [1.82, 2.24) is 0 Å². The zero-order valence-electron chi connectivity index (χ0n) is 33.3. The number of fused-ring (bicyclic) bond motifs is 6. The molecule has 55 heavy (non-hydrogen) atoms. The number of rotatable bonds is 6. The highest BCUT2D eigenvalue weighted by Gasteiger charge is 2.41. The molecule has 0 saturated heterocycles. The highest BCUT2D eigenvalue weighted by molar-refractivity contribution is 5.94. The van der Waals surface area contributed by atoms with Gasteiger partial charge in [-0.25, -0.2) is 0 Å². The summed E-state index contributed by atoms with van der Waals surface area (Å²) in [4.78, 5) is 2.42. The minimum Gasteiger partial charge on any atom is -0.304 e. The van der Waals surface area contributed by atoms with Gasteiger partial charge in [-0.3, -0.25) is 0 Å². The molecular weight excluding hydrogens is 663 g/mol. The molecule has 0 bridgehead atoms. The summed E-state index contributed by atoms with van der Waals surface area (Å²) in [5.41, 5.74) is 28.3. The Hall–Kier alpha value is -5.84. The van der Waals surface area contributed by atoms with Crippen molar-refractivity contribution in [3.63, 3.8) is 0 Å². The van der Waals surface area contributed by atoms with Crippen molar-refractivity contribution in [2.45, 2.75) is 72.1 Å². The van der Waals surface area contributed by atoms with E-state index in [2.05, 4.69) is 199 Å². The first-order valence-corrected chi connectivity index (χ1v) is 19.8. The van der Waals surface area contributed by atoms with Crippen LogP contribution in [0.1, 0.15) is 89.1 Å². The average Bonchev–Trinajstić information content (AvgIpc) is 3.97. The van der Waals surface area contributed by atoms with Gasteiger partial charge in [0.2, 0.25) is 0 Å². The summed E-state index contributed by atoms with van der Waals surface area (Å²) >= 11 is 0. The van der Waals surface area contributed by atoms with Crippen molar-refractivity contribution in [2.75, 3.05) is 4.90 Å². The normalized spacial score (nSPS) is 20.9. The second-order valence-electron chi connectivity index (χ2n) is 17.3. The Balaban J connectivity index is 1.19. The summed E-state index contributed by atoms with van der Waals surface area (Å²) in [5.74, 6) is 0. The molecule has 0 radical (unpaired) electrons. The predicted octanol–water partition coefficient (Wildman–Crippen LogP) is 14.2. The lowest BCUT2D eigenvalue weighted by Crippen LogP contribution is -2.19. The van der Waals surface area contributed by atoms with Gasteiger partial charge in [-0.1, -0.05) is 150 Å². The highest BCUT2D eigenvalue weighted by Crippen LogP contribution is 2.54. The average molecular weight is 712 g/mol. The van der Waals surface area contributed by atoms with Crippen LogP contribution in [-0.4, -0.2) is 0 Å². The lowest BCUT2D eigenvalue weighted by atomic mass is 9.73. The zero-order valence-corrected chi connectivity index (χ0v) is 33.3. The first-order chi connectivity index (χ1) is 26.4. The molecular formula is C54H49N. The first-order valence-electron chi connectivity index (χ1n) is 19.8. The number of anilines is 2. The Morgan fingerprint density at radius 3 is 2.13 bits per heavy atom. The molecule has 0 aromatic heterocycles. The van der Waals surface area contributed by atoms with E-state index in [0.717, 1.165) is 35.5 Å². The van der Waals surface area contributed by atoms with E-state index in [0.29, 0.717) is 0 Å². The number of benzene rings is 4. The SMILES string of the molecule is C=C1/C=C(C(C)(C)C2=C=CC=C2)\C(C)=C(\c2ccc(N(C3=C=C4C(=C3)C(C)(C)c3ccccc34)c3ccc4c(c3)C(C)(C)c3ccccc3-4)cc2)C=CCC1. The van der Waals surface area contributed by atoms with Gasteiger partial charge in [0.05, 0.1) is 5.70 Å². The van der Waals surface area contributed by atoms with Crippen LogP contribution in [0.4, 0.5) is 11.4 Å². The fraction of sp³-hybridized carbons (Fsp3) is 0.222. The lowest BCUT2D eigenvalue weighted by Gasteiger charge is -2.31. The van der Waals surface area contributed by atoms with E-state index in [1.807, 2.05) is 6.08 Å². The van der Waals surface area contributed by atoms with Gasteiger partial charge in [-0.15, -0.1) is 5.73 Å². The van der Waals surface area contributed by atoms with Gasteiger partial charge in [-0.05, 0) is 123 Å². The van der Waals surface area contributed by atoms with Crippen LogP contribution in [0.2, 0.25) is 0 Å². The second kappa shape index (κ2) is 12.6. The van der Waals surface area contributed by atoms with Gasteiger partial charge in [0.15, 0.2) is 0 Å². The van der Waals surface area contributed by atoms with Crippen LogP contribution in [0.3, 0.4) is 0 Å². The molecule has 4 aromatic carbocycles. The van der Waals surface area contributed by atoms with Crippen LogP contribution >= 0.6 is 0 Å². The van der Waals surface area contributed by atoms with Gasteiger partial charge < -0.3 is 4.90 Å². The molecule has 0 heterocycles. The molecule has 0 amide bonds. The number of hydrogen-bond acceptors (Lipinski definition) is 1. The van der Waals surface area contributed by atoms with Crippen LogP contribution in [0.25, 0.3) is 22.3 Å². The Labute approximate surface area is 327 Å². The maximum Gasteiger partial charge on any atom is 0.0900 e. The van der Waals surface area contributed by atoms with Crippen molar-refractivity contribution in [3.8, 4) is 11.1 Å². The number of allylic oxidation sites excluding steroid dienone is 12. The van der Waals surface area contributed by atoms with E-state index in [1.165, 1.54) is 72.4 Å². The van der Waals surface area contributed by atoms with E-state index in [4.69, 9.17) is 0 Å². The molecule has 0 aliphatic heterocycles. The van der Waals surface area contributed by atoms with Crippen molar-refractivity contribution in [2.24, 2.45) is 5.41 Å². The van der Waals surface area contributed by atoms with E-state index < -0.39 is 0 Å². The summed E-state index contributed by atoms with van der Waals surface area (Å²) < 4.78 is 0. The van der Waals surface area contributed by atoms with Crippen molar-refractivity contribution in [1.29, 1.82) is 0 Å². The van der Waals surface area contributed by atoms with Crippen molar-refractivity contribution >= 4 is 22.5 Å². The molecule has 5 aliphatic carbocycles. The highest BCUT2D eigenvalue weighted by atomic mass is 15.1. The van der Waals surface area contributed by atoms with Gasteiger partial charge >= 0.3 is 0 Å². The van der Waals surface area contributed by atoms with E-state index in [9.17, 15) is 0 Å². The molecule has 0 saturated carbocycles. The minimum absolute atomic E-state index is 0.102. The smallest absolute Gasteiger partial charge is 0.0900 e. The van der Waals surface area contributed by atoms with Crippen LogP contribution < -0.4 is 4.90 Å². The third-order valence-corrected chi connectivity index (χ3v) is 12.9. The third kappa shape index (κ3) is 5.45. The molecule has 0 atom stereocenters. The van der Waals surface area contributed by atoms with Crippen LogP contribution in [0, 0.1) is 5.41 Å². The first kappa shape index (κ1) is 34.9. The summed E-state index contributed by atoms with van der Waals surface area (Å²) in [6.45, 7) is 20.8. The van der Waals surface area contributed by atoms with Gasteiger partial charge in [0.1, 0.15) is 0 Å². The van der Waals surface area contributed by atoms with Crippen molar-refractivity contribution in [3.05, 3.63) is 213 Å². The topological polar surface area (TPSA) is 3.24 Å². The molecule has 1 heteroatoms. The third-order valence-electron chi connectivity index (χ3n) is 12.9. The Morgan fingerprint density at radius 1 is 0.727 bits per heavy atom. The maximum absolute atomic E-state index is 4.45. The van der Waals surface area contributed by atoms with Crippen LogP contribution in [-0.2, 0) is 10.8 Å². The van der Waals surface area contributed by atoms with E-state index >= 15 is 0 Å². The molecule has 1 nitrogen and oxygen atoms in total. The fourth-order valence-corrected chi connectivity index (χ4v) is 9.66. The maximum atomic E-state index is 4.45. The summed E-state index contributed by atoms with van der Waals surface area (Å²) in [7, 11) is 0. The quantitative estimate of drug-likeness (QED) is 0.180. The Kier molecular flexibility index (Phi) is 8.00. The molecule has 0 spiro atoms. The fourth-order valence-electron chi connectivity index (χ4n) is 9.66. The largest absolute Gasteiger partial charge is 0.304 e. The molecule has 270 valence electrons. The van der Waals surface area contributed by atoms with Gasteiger partial charge in [0, 0.05) is 38.8 Å². The predicted molar refractivity (Wildman–Crippen MR) is 233 cm³/mol.